The Balaban J connectivity index is 1.73. The molecule has 200 valence electrons. The summed E-state index contributed by atoms with van der Waals surface area (Å²) in [5.74, 6) is 0.744. The predicted octanol–water partition coefficient (Wildman–Crippen LogP) is 5.18. The highest BCUT2D eigenvalue weighted by molar-refractivity contribution is 8.00. The number of nitrogens with zero attached hydrogens (tertiary/aromatic N) is 4. The van der Waals surface area contributed by atoms with Gasteiger partial charge in [-0.1, -0.05) is 55.1 Å². The molecule has 0 saturated heterocycles. The number of hydrogen-bond acceptors (Lipinski definition) is 8. The molecule has 0 aliphatic carbocycles. The van der Waals surface area contributed by atoms with Crippen LogP contribution in [0.25, 0.3) is 28.0 Å². The predicted molar refractivity (Wildman–Crippen MR) is 150 cm³/mol. The van der Waals surface area contributed by atoms with Crippen molar-refractivity contribution >= 4 is 38.7 Å². The van der Waals surface area contributed by atoms with Gasteiger partial charge >= 0.3 is 5.97 Å². The second-order valence-corrected chi connectivity index (χ2v) is 11.5. The van der Waals surface area contributed by atoms with Gasteiger partial charge in [0.25, 0.3) is 10.0 Å². The number of carbonyl (C=O) groups is 1. The molecular weight excluding hydrogens is 536 g/mol. The minimum atomic E-state index is -3.89. The third kappa shape index (κ3) is 4.90. The molecule has 0 spiro atoms. The number of methoxy groups -OCH3 is 2. The molecule has 0 amide bonds. The van der Waals surface area contributed by atoms with Gasteiger partial charge in [0, 0.05) is 22.8 Å². The lowest BCUT2D eigenvalue weighted by molar-refractivity contribution is -0.140. The van der Waals surface area contributed by atoms with E-state index in [-0.39, 0.29) is 10.9 Å². The van der Waals surface area contributed by atoms with Gasteiger partial charge in [-0.05, 0) is 48.9 Å². The van der Waals surface area contributed by atoms with Gasteiger partial charge in [-0.15, -0.1) is 10.2 Å². The quantitative estimate of drug-likeness (QED) is 0.179. The molecule has 0 unspecified atom stereocenters. The summed E-state index contributed by atoms with van der Waals surface area (Å²) in [4.78, 5) is 12.6. The minimum absolute atomic E-state index is 0.175. The van der Waals surface area contributed by atoms with Crippen LogP contribution in [0, 0.1) is 0 Å². The number of para-hydroxylation sites is 1. The van der Waals surface area contributed by atoms with E-state index in [9.17, 15) is 13.2 Å². The minimum Gasteiger partial charge on any atom is -0.497 e. The summed E-state index contributed by atoms with van der Waals surface area (Å²) in [6.45, 7) is 1.89. The second-order valence-electron chi connectivity index (χ2n) is 8.55. The number of esters is 1. The van der Waals surface area contributed by atoms with E-state index in [1.54, 1.807) is 55.8 Å². The highest BCUT2D eigenvalue weighted by Crippen LogP contribution is 2.37. The summed E-state index contributed by atoms with van der Waals surface area (Å²) in [6, 6.07) is 22.9. The zero-order valence-corrected chi connectivity index (χ0v) is 23.1. The van der Waals surface area contributed by atoms with Crippen LogP contribution in [0.15, 0.2) is 95.1 Å². The SMILES string of the molecule is CC[C@H](Sc1nnc(-c2cn(S(=O)(=O)c3ccccc3)c3ccccc23)n1-c1ccc(OC)cc1)C(=O)OC. The third-order valence-corrected chi connectivity index (χ3v) is 9.24. The highest BCUT2D eigenvalue weighted by atomic mass is 32.2. The summed E-state index contributed by atoms with van der Waals surface area (Å²) in [7, 11) is -0.951. The number of rotatable bonds is 9. The van der Waals surface area contributed by atoms with Crippen molar-refractivity contribution in [1.29, 1.82) is 0 Å². The van der Waals surface area contributed by atoms with Crippen molar-refractivity contribution in [3.05, 3.63) is 85.1 Å². The lowest BCUT2D eigenvalue weighted by atomic mass is 10.1. The third-order valence-electron chi connectivity index (χ3n) is 6.27. The zero-order chi connectivity index (χ0) is 27.6. The Labute approximate surface area is 230 Å². The second kappa shape index (κ2) is 11.0. The first kappa shape index (κ1) is 26.5. The topological polar surface area (TPSA) is 105 Å². The van der Waals surface area contributed by atoms with Crippen LogP contribution in [0.2, 0.25) is 0 Å². The summed E-state index contributed by atoms with van der Waals surface area (Å²) in [5, 5.41) is 9.59. The molecule has 9 nitrogen and oxygen atoms in total. The number of ether oxygens (including phenoxy) is 2. The fraction of sp³-hybridized carbons (Fsp3) is 0.179. The molecule has 2 aromatic heterocycles. The van der Waals surface area contributed by atoms with Crippen LogP contribution < -0.4 is 4.74 Å². The van der Waals surface area contributed by atoms with Crippen molar-refractivity contribution in [3.8, 4) is 22.8 Å². The van der Waals surface area contributed by atoms with E-state index in [0.717, 1.165) is 5.69 Å². The van der Waals surface area contributed by atoms with E-state index in [0.29, 0.717) is 39.6 Å². The van der Waals surface area contributed by atoms with Gasteiger partial charge in [-0.3, -0.25) is 9.36 Å². The average Bonchev–Trinajstić information content (AvgIpc) is 3.58. The Hall–Kier alpha value is -4.09. The van der Waals surface area contributed by atoms with Crippen molar-refractivity contribution in [2.24, 2.45) is 0 Å². The van der Waals surface area contributed by atoms with Crippen LogP contribution in [0.5, 0.6) is 5.75 Å². The molecule has 2 heterocycles. The van der Waals surface area contributed by atoms with Crippen LogP contribution in [0.3, 0.4) is 0 Å². The number of aromatic nitrogens is 4. The molecule has 0 radical (unpaired) electrons. The number of thioether (sulfide) groups is 1. The maximum absolute atomic E-state index is 13.7. The maximum Gasteiger partial charge on any atom is 0.319 e. The molecule has 0 aliphatic heterocycles. The Morgan fingerprint density at radius 3 is 2.31 bits per heavy atom. The van der Waals surface area contributed by atoms with Crippen LogP contribution in [-0.4, -0.2) is 52.6 Å². The fourth-order valence-electron chi connectivity index (χ4n) is 4.27. The van der Waals surface area contributed by atoms with E-state index in [1.165, 1.54) is 22.8 Å². The smallest absolute Gasteiger partial charge is 0.319 e. The highest BCUT2D eigenvalue weighted by Gasteiger charge is 2.27. The average molecular weight is 563 g/mol. The molecule has 11 heteroatoms. The molecule has 3 aromatic carbocycles. The molecule has 0 saturated carbocycles. The van der Waals surface area contributed by atoms with Crippen molar-refractivity contribution in [2.45, 2.75) is 28.6 Å². The van der Waals surface area contributed by atoms with E-state index >= 15 is 0 Å². The number of carbonyl (C=O) groups excluding carboxylic acids is 1. The molecule has 1 atom stereocenters. The van der Waals surface area contributed by atoms with Gasteiger partial charge < -0.3 is 9.47 Å². The van der Waals surface area contributed by atoms with E-state index in [2.05, 4.69) is 10.2 Å². The van der Waals surface area contributed by atoms with Gasteiger partial charge in [-0.25, -0.2) is 12.4 Å². The molecule has 0 fully saturated rings. The molecule has 0 bridgehead atoms. The number of hydrogen-bond donors (Lipinski definition) is 0. The van der Waals surface area contributed by atoms with Crippen LogP contribution >= 0.6 is 11.8 Å². The Morgan fingerprint density at radius 2 is 1.64 bits per heavy atom. The van der Waals surface area contributed by atoms with Crippen molar-refractivity contribution in [2.75, 3.05) is 14.2 Å². The fourth-order valence-corrected chi connectivity index (χ4v) is 6.66. The molecule has 0 aliphatic rings. The molecule has 0 N–H and O–H groups in total. The molecule has 39 heavy (non-hydrogen) atoms. The summed E-state index contributed by atoms with van der Waals surface area (Å²) in [5.41, 5.74) is 1.81. The van der Waals surface area contributed by atoms with E-state index < -0.39 is 15.3 Å². The Kier molecular flexibility index (Phi) is 7.45. The summed E-state index contributed by atoms with van der Waals surface area (Å²) in [6.07, 6.45) is 2.10. The van der Waals surface area contributed by atoms with Crippen molar-refractivity contribution < 1.29 is 22.7 Å². The van der Waals surface area contributed by atoms with Crippen LogP contribution in [0.4, 0.5) is 0 Å². The van der Waals surface area contributed by atoms with E-state index in [1.807, 2.05) is 47.9 Å². The first-order valence-electron chi connectivity index (χ1n) is 12.1. The van der Waals surface area contributed by atoms with Gasteiger partial charge in [0.15, 0.2) is 11.0 Å². The lowest BCUT2D eigenvalue weighted by Crippen LogP contribution is -2.18. The maximum atomic E-state index is 13.7. The summed E-state index contributed by atoms with van der Waals surface area (Å²) >= 11 is 1.24. The lowest BCUT2D eigenvalue weighted by Gasteiger charge is -2.14. The van der Waals surface area contributed by atoms with Crippen molar-refractivity contribution in [1.82, 2.24) is 18.7 Å². The standard InChI is InChI=1S/C28H26N4O5S2/c1-4-25(27(33)37-3)38-28-30-29-26(32(28)19-14-16-20(36-2)17-15-19)23-18-31(24-13-9-8-12-22(23)24)39(34,35)21-10-6-5-7-11-21/h5-18,25H,4H2,1-3H3/t25-/m0/s1. The van der Waals surface area contributed by atoms with Crippen molar-refractivity contribution in [3.63, 3.8) is 0 Å². The normalized spacial score (nSPS) is 12.4. The monoisotopic (exact) mass is 562 g/mol. The first-order chi connectivity index (χ1) is 18.9. The zero-order valence-electron chi connectivity index (χ0n) is 21.5. The number of fused-ring (bicyclic) bond motifs is 1. The van der Waals surface area contributed by atoms with Gasteiger partial charge in [0.1, 0.15) is 11.0 Å². The van der Waals surface area contributed by atoms with Crippen LogP contribution in [-0.2, 0) is 19.6 Å². The van der Waals surface area contributed by atoms with Crippen LogP contribution in [0.1, 0.15) is 13.3 Å². The summed E-state index contributed by atoms with van der Waals surface area (Å²) < 4.78 is 40.7. The molecule has 5 rings (SSSR count). The Morgan fingerprint density at radius 1 is 0.949 bits per heavy atom. The number of benzene rings is 3. The van der Waals surface area contributed by atoms with Gasteiger partial charge in [0.2, 0.25) is 0 Å². The molecular formula is C28H26N4O5S2. The first-order valence-corrected chi connectivity index (χ1v) is 14.5. The largest absolute Gasteiger partial charge is 0.497 e. The molecule has 5 aromatic rings. The van der Waals surface area contributed by atoms with Gasteiger partial charge in [0.05, 0.1) is 24.6 Å². The Bertz CT molecular complexity index is 1730. The van der Waals surface area contributed by atoms with E-state index in [4.69, 9.17) is 9.47 Å². The van der Waals surface area contributed by atoms with Gasteiger partial charge in [-0.2, -0.15) is 0 Å².